The first-order valence-corrected chi connectivity index (χ1v) is 5.26. The SMILES string of the molecule is COc1cc(N=C(N)C2CC2)ccc1Cl. The van der Waals surface area contributed by atoms with Crippen LogP contribution >= 0.6 is 11.6 Å². The van der Waals surface area contributed by atoms with Gasteiger partial charge in [0.15, 0.2) is 0 Å². The van der Waals surface area contributed by atoms with Gasteiger partial charge in [-0.2, -0.15) is 0 Å². The van der Waals surface area contributed by atoms with Crippen LogP contribution in [0.4, 0.5) is 5.69 Å². The topological polar surface area (TPSA) is 47.6 Å². The first-order valence-electron chi connectivity index (χ1n) is 4.88. The zero-order chi connectivity index (χ0) is 10.8. The molecule has 1 saturated carbocycles. The number of nitrogens with two attached hydrogens (primary N) is 1. The Hall–Kier alpha value is -1.22. The van der Waals surface area contributed by atoms with Gasteiger partial charge < -0.3 is 10.5 Å². The van der Waals surface area contributed by atoms with E-state index in [-0.39, 0.29) is 0 Å². The fourth-order valence-electron chi connectivity index (χ4n) is 1.34. The summed E-state index contributed by atoms with van der Waals surface area (Å²) in [4.78, 5) is 4.33. The predicted octanol–water partition coefficient (Wildman–Crippen LogP) is 2.75. The van der Waals surface area contributed by atoms with Gasteiger partial charge in [-0.05, 0) is 25.0 Å². The minimum atomic E-state index is 0.478. The van der Waals surface area contributed by atoms with E-state index in [2.05, 4.69) is 4.99 Å². The lowest BCUT2D eigenvalue weighted by Crippen LogP contribution is -2.12. The molecular formula is C11H13ClN2O. The monoisotopic (exact) mass is 224 g/mol. The van der Waals surface area contributed by atoms with E-state index in [1.54, 1.807) is 19.2 Å². The van der Waals surface area contributed by atoms with Crippen molar-refractivity contribution >= 4 is 23.1 Å². The molecule has 0 aromatic heterocycles. The number of methoxy groups -OCH3 is 1. The van der Waals surface area contributed by atoms with E-state index in [9.17, 15) is 0 Å². The van der Waals surface area contributed by atoms with Crippen molar-refractivity contribution in [3.8, 4) is 5.75 Å². The van der Waals surface area contributed by atoms with Crippen molar-refractivity contribution in [1.29, 1.82) is 0 Å². The van der Waals surface area contributed by atoms with Crippen molar-refractivity contribution in [3.63, 3.8) is 0 Å². The highest BCUT2D eigenvalue weighted by atomic mass is 35.5. The maximum atomic E-state index is 5.90. The Morgan fingerprint density at radius 2 is 2.27 bits per heavy atom. The molecule has 1 aromatic carbocycles. The number of aliphatic imine (C=N–C) groups is 1. The number of halogens is 1. The molecule has 0 bridgehead atoms. The second kappa shape index (κ2) is 4.11. The van der Waals surface area contributed by atoms with Gasteiger partial charge in [-0.25, -0.2) is 4.99 Å². The van der Waals surface area contributed by atoms with E-state index in [0.717, 1.165) is 18.5 Å². The Kier molecular flexibility index (Phi) is 2.82. The standard InChI is InChI=1S/C11H13ClN2O/c1-15-10-6-8(4-5-9(10)12)14-11(13)7-2-3-7/h4-7H,2-3H2,1H3,(H2,13,14). The summed E-state index contributed by atoms with van der Waals surface area (Å²) in [6.07, 6.45) is 2.31. The molecular weight excluding hydrogens is 212 g/mol. The summed E-state index contributed by atoms with van der Waals surface area (Å²) in [7, 11) is 1.58. The fourth-order valence-corrected chi connectivity index (χ4v) is 1.53. The molecule has 80 valence electrons. The van der Waals surface area contributed by atoms with Gasteiger partial charge in [0.05, 0.1) is 17.8 Å². The van der Waals surface area contributed by atoms with Crippen molar-refractivity contribution in [3.05, 3.63) is 23.2 Å². The summed E-state index contributed by atoms with van der Waals surface area (Å²) >= 11 is 5.90. The Bertz CT molecular complexity index is 400. The maximum absolute atomic E-state index is 5.90. The summed E-state index contributed by atoms with van der Waals surface area (Å²) < 4.78 is 5.10. The van der Waals surface area contributed by atoms with Crippen molar-refractivity contribution < 1.29 is 4.74 Å². The number of amidine groups is 1. The molecule has 0 amide bonds. The third-order valence-electron chi connectivity index (χ3n) is 2.39. The zero-order valence-electron chi connectivity index (χ0n) is 8.53. The first kappa shape index (κ1) is 10.3. The molecule has 3 nitrogen and oxygen atoms in total. The van der Waals surface area contributed by atoms with E-state index in [0.29, 0.717) is 22.5 Å². The van der Waals surface area contributed by atoms with Crippen LogP contribution in [0.1, 0.15) is 12.8 Å². The molecule has 1 fully saturated rings. The molecule has 4 heteroatoms. The van der Waals surface area contributed by atoms with E-state index in [1.165, 1.54) is 0 Å². The second-order valence-corrected chi connectivity index (χ2v) is 4.04. The van der Waals surface area contributed by atoms with E-state index >= 15 is 0 Å². The average molecular weight is 225 g/mol. The fraction of sp³-hybridized carbons (Fsp3) is 0.364. The van der Waals surface area contributed by atoms with E-state index < -0.39 is 0 Å². The molecule has 0 saturated heterocycles. The van der Waals surface area contributed by atoms with Gasteiger partial charge in [0.25, 0.3) is 0 Å². The number of nitrogens with zero attached hydrogens (tertiary/aromatic N) is 1. The molecule has 1 aliphatic carbocycles. The molecule has 0 spiro atoms. The van der Waals surface area contributed by atoms with E-state index in [1.807, 2.05) is 6.07 Å². The lowest BCUT2D eigenvalue weighted by Gasteiger charge is -2.04. The van der Waals surface area contributed by atoms with Gasteiger partial charge in [0, 0.05) is 12.0 Å². The Labute approximate surface area is 93.9 Å². The number of hydrogen-bond donors (Lipinski definition) is 1. The molecule has 0 radical (unpaired) electrons. The molecule has 2 N–H and O–H groups in total. The first-order chi connectivity index (χ1) is 7.20. The molecule has 0 aliphatic heterocycles. The summed E-state index contributed by atoms with van der Waals surface area (Å²) in [6, 6.07) is 5.39. The Balaban J connectivity index is 2.24. The van der Waals surface area contributed by atoms with Crippen LogP contribution in [0.25, 0.3) is 0 Å². The average Bonchev–Trinajstić information content (AvgIpc) is 3.04. The van der Waals surface area contributed by atoms with Gasteiger partial charge >= 0.3 is 0 Å². The summed E-state index contributed by atoms with van der Waals surface area (Å²) in [5, 5.41) is 0.585. The Morgan fingerprint density at radius 3 is 2.87 bits per heavy atom. The smallest absolute Gasteiger partial charge is 0.139 e. The van der Waals surface area contributed by atoms with E-state index in [4.69, 9.17) is 22.1 Å². The van der Waals surface area contributed by atoms with Gasteiger partial charge in [-0.15, -0.1) is 0 Å². The van der Waals surface area contributed by atoms with Crippen LogP contribution < -0.4 is 10.5 Å². The minimum absolute atomic E-state index is 0.478. The predicted molar refractivity (Wildman–Crippen MR) is 62.0 cm³/mol. The van der Waals surface area contributed by atoms with Gasteiger partial charge in [-0.1, -0.05) is 11.6 Å². The maximum Gasteiger partial charge on any atom is 0.139 e. The Morgan fingerprint density at radius 1 is 1.53 bits per heavy atom. The number of hydrogen-bond acceptors (Lipinski definition) is 2. The molecule has 2 rings (SSSR count). The number of rotatable bonds is 3. The molecule has 0 heterocycles. The highest BCUT2D eigenvalue weighted by Crippen LogP contribution is 2.32. The molecule has 0 unspecified atom stereocenters. The van der Waals surface area contributed by atoms with Gasteiger partial charge in [0.2, 0.25) is 0 Å². The molecule has 1 aromatic rings. The third kappa shape index (κ3) is 2.42. The van der Waals surface area contributed by atoms with Crippen molar-refractivity contribution in [2.75, 3.05) is 7.11 Å². The van der Waals surface area contributed by atoms with Crippen molar-refractivity contribution in [2.45, 2.75) is 12.8 Å². The molecule has 1 aliphatic rings. The van der Waals surface area contributed by atoms with Gasteiger partial charge in [0.1, 0.15) is 11.6 Å². The van der Waals surface area contributed by atoms with Crippen molar-refractivity contribution in [1.82, 2.24) is 0 Å². The lowest BCUT2D eigenvalue weighted by molar-refractivity contribution is 0.415. The third-order valence-corrected chi connectivity index (χ3v) is 2.70. The second-order valence-electron chi connectivity index (χ2n) is 3.63. The zero-order valence-corrected chi connectivity index (χ0v) is 9.29. The van der Waals surface area contributed by atoms with Crippen LogP contribution in [0.5, 0.6) is 5.75 Å². The van der Waals surface area contributed by atoms with Crippen LogP contribution in [0.3, 0.4) is 0 Å². The molecule has 15 heavy (non-hydrogen) atoms. The normalized spacial score (nSPS) is 16.5. The number of benzene rings is 1. The quantitative estimate of drug-likeness (QED) is 0.634. The van der Waals surface area contributed by atoms with Crippen LogP contribution in [0.15, 0.2) is 23.2 Å². The number of ether oxygens (including phenoxy) is 1. The van der Waals surface area contributed by atoms with Crippen LogP contribution in [0.2, 0.25) is 5.02 Å². The van der Waals surface area contributed by atoms with Crippen LogP contribution in [-0.2, 0) is 0 Å². The summed E-state index contributed by atoms with van der Waals surface area (Å²) in [6.45, 7) is 0. The van der Waals surface area contributed by atoms with Crippen LogP contribution in [0, 0.1) is 5.92 Å². The van der Waals surface area contributed by atoms with Crippen molar-refractivity contribution in [2.24, 2.45) is 16.6 Å². The highest BCUT2D eigenvalue weighted by Gasteiger charge is 2.25. The van der Waals surface area contributed by atoms with Crippen LogP contribution in [-0.4, -0.2) is 12.9 Å². The minimum Gasteiger partial charge on any atom is -0.495 e. The summed E-state index contributed by atoms with van der Waals surface area (Å²) in [5.74, 6) is 1.81. The summed E-state index contributed by atoms with van der Waals surface area (Å²) in [5.41, 5.74) is 6.61. The molecule has 0 atom stereocenters. The lowest BCUT2D eigenvalue weighted by atomic mass is 10.3. The largest absolute Gasteiger partial charge is 0.495 e. The highest BCUT2D eigenvalue weighted by molar-refractivity contribution is 6.32. The van der Waals surface area contributed by atoms with Gasteiger partial charge in [-0.3, -0.25) is 0 Å².